The first kappa shape index (κ1) is 41.1. The average molecular weight is 803 g/mol. The zero-order valence-electron chi connectivity index (χ0n) is 34.1. The Labute approximate surface area is 344 Å². The minimum Gasteiger partial charge on any atom is -0.446 e. The topological polar surface area (TPSA) is 226 Å². The molecule has 0 spiro atoms. The summed E-state index contributed by atoms with van der Waals surface area (Å²) in [5.74, 6) is 2.09. The standard InChI is InChI=1S/C22H27N5O3.C22H27N5O2/c1-13(2)24-21(28)30-16-7-6-14(8-16)19-9-20(27-26-19)25-18-5-3-4-15-10-22(29,12-23)11-17(15)18;1-13(2)24-22(28)29-17-7-6-16(10-17)20-11-21(27-26-20)25-19-5-3-4-15-8-14(12-23)9-18(15)19/h3-5,9,13-14,16,29H,6-8,10-11H2,1-2H3,(H,24,28)(H2,25,26,27);3-5,11,13-14,16-17H,6-10H2,1-2H3,(H,24,28)(H2,25,26,27)/t14-,16+,22?;14?,16-,17+/m00/s1. The van der Waals surface area contributed by atoms with Crippen molar-refractivity contribution in [2.45, 2.75) is 134 Å². The molecule has 0 bridgehead atoms. The fraction of sp³-hybridized carbons (Fsp3) is 0.500. The van der Waals surface area contributed by atoms with Gasteiger partial charge in [0.2, 0.25) is 0 Å². The summed E-state index contributed by atoms with van der Waals surface area (Å²) in [6, 6.07) is 20.5. The fourth-order valence-electron chi connectivity index (χ4n) is 8.73. The van der Waals surface area contributed by atoms with Crippen molar-refractivity contribution in [3.05, 3.63) is 82.2 Å². The highest BCUT2D eigenvalue weighted by Gasteiger charge is 2.37. The van der Waals surface area contributed by atoms with Crippen molar-refractivity contribution < 1.29 is 24.2 Å². The molecular formula is C44H54N10O5. The molecule has 15 nitrogen and oxygen atoms in total. The molecule has 2 unspecified atom stereocenters. The van der Waals surface area contributed by atoms with Gasteiger partial charge in [-0.1, -0.05) is 24.3 Å². The number of carbonyl (C=O) groups is 2. The Bertz CT molecular complexity index is 2220. The van der Waals surface area contributed by atoms with Crippen LogP contribution in [-0.4, -0.2) is 67.6 Å². The Morgan fingerprint density at radius 1 is 0.763 bits per heavy atom. The minimum absolute atomic E-state index is 0.0551. The molecule has 7 N–H and O–H groups in total. The first-order valence-corrected chi connectivity index (χ1v) is 20.7. The molecule has 2 amide bonds. The van der Waals surface area contributed by atoms with Crippen LogP contribution < -0.4 is 21.3 Å². The second-order valence-corrected chi connectivity index (χ2v) is 17.0. The van der Waals surface area contributed by atoms with Crippen LogP contribution in [-0.2, 0) is 35.2 Å². The number of H-pyrrole nitrogens is 2. The van der Waals surface area contributed by atoms with Gasteiger partial charge in [-0.25, -0.2) is 9.59 Å². The van der Waals surface area contributed by atoms with E-state index in [0.717, 1.165) is 91.1 Å². The van der Waals surface area contributed by atoms with Crippen LogP contribution >= 0.6 is 0 Å². The Hall–Kier alpha value is -6.06. The summed E-state index contributed by atoms with van der Waals surface area (Å²) in [6.45, 7) is 7.64. The number of aromatic amines is 2. The van der Waals surface area contributed by atoms with Gasteiger partial charge < -0.3 is 35.8 Å². The number of benzene rings is 2. The van der Waals surface area contributed by atoms with E-state index in [4.69, 9.17) is 9.47 Å². The van der Waals surface area contributed by atoms with Crippen molar-refractivity contribution in [1.82, 2.24) is 31.0 Å². The summed E-state index contributed by atoms with van der Waals surface area (Å²) in [5, 5.41) is 56.1. The van der Waals surface area contributed by atoms with E-state index in [2.05, 4.69) is 53.8 Å². The molecule has 4 aliphatic rings. The number of aliphatic hydroxyl groups is 1. The molecule has 6 atom stereocenters. The van der Waals surface area contributed by atoms with E-state index in [0.29, 0.717) is 24.6 Å². The number of hydrogen-bond donors (Lipinski definition) is 7. The number of rotatable bonds is 10. The van der Waals surface area contributed by atoms with Gasteiger partial charge in [-0.05, 0) is 113 Å². The molecule has 4 aliphatic carbocycles. The lowest BCUT2D eigenvalue weighted by atomic mass is 10.0. The van der Waals surface area contributed by atoms with Crippen molar-refractivity contribution in [3.63, 3.8) is 0 Å². The van der Waals surface area contributed by atoms with Crippen LogP contribution in [0.15, 0.2) is 48.5 Å². The van der Waals surface area contributed by atoms with E-state index in [1.165, 1.54) is 11.1 Å². The maximum Gasteiger partial charge on any atom is 0.407 e. The summed E-state index contributed by atoms with van der Waals surface area (Å²) in [7, 11) is 0. The second kappa shape index (κ2) is 17.8. The van der Waals surface area contributed by atoms with E-state index < -0.39 is 5.60 Å². The van der Waals surface area contributed by atoms with Crippen LogP contribution in [0.4, 0.5) is 32.6 Å². The third kappa shape index (κ3) is 10.2. The van der Waals surface area contributed by atoms with Gasteiger partial charge in [0, 0.05) is 71.7 Å². The number of aromatic nitrogens is 4. The quantitative estimate of drug-likeness (QED) is 0.0780. The maximum atomic E-state index is 11.8. The predicted molar refractivity (Wildman–Crippen MR) is 221 cm³/mol. The number of ether oxygens (including phenoxy) is 2. The third-order valence-corrected chi connectivity index (χ3v) is 11.5. The van der Waals surface area contributed by atoms with Gasteiger partial charge in [0.1, 0.15) is 12.2 Å². The van der Waals surface area contributed by atoms with Gasteiger partial charge in [0.05, 0.1) is 18.1 Å². The number of carbonyl (C=O) groups excluding carboxylic acids is 2. The highest BCUT2D eigenvalue weighted by molar-refractivity contribution is 5.68. The molecule has 2 aromatic heterocycles. The van der Waals surface area contributed by atoms with Crippen LogP contribution in [0.1, 0.15) is 112 Å². The molecule has 2 heterocycles. The molecule has 0 saturated heterocycles. The summed E-state index contributed by atoms with van der Waals surface area (Å²) in [6.07, 6.45) is 6.55. The van der Waals surface area contributed by atoms with E-state index >= 15 is 0 Å². The zero-order valence-corrected chi connectivity index (χ0v) is 34.1. The molecule has 2 aromatic carbocycles. The number of fused-ring (bicyclic) bond motifs is 2. The maximum absolute atomic E-state index is 11.8. The lowest BCUT2D eigenvalue weighted by molar-refractivity contribution is 0.0972. The fourth-order valence-corrected chi connectivity index (χ4v) is 8.73. The average Bonchev–Trinajstić information content (AvgIpc) is 4.04. The van der Waals surface area contributed by atoms with Gasteiger partial charge in [-0.2, -0.15) is 20.7 Å². The van der Waals surface area contributed by atoms with E-state index in [1.54, 1.807) is 0 Å². The largest absolute Gasteiger partial charge is 0.446 e. The molecular weight excluding hydrogens is 749 g/mol. The number of hydrogen-bond acceptors (Lipinski definition) is 11. The number of alkyl carbamates (subject to hydrolysis) is 2. The molecule has 310 valence electrons. The van der Waals surface area contributed by atoms with Gasteiger partial charge in [0.25, 0.3) is 0 Å². The van der Waals surface area contributed by atoms with Gasteiger partial charge in [0.15, 0.2) is 17.2 Å². The summed E-state index contributed by atoms with van der Waals surface area (Å²) in [5.41, 5.74) is 7.01. The van der Waals surface area contributed by atoms with Crippen molar-refractivity contribution in [2.75, 3.05) is 10.6 Å². The molecule has 0 radical (unpaired) electrons. The molecule has 4 aromatic rings. The number of amides is 2. The smallest absolute Gasteiger partial charge is 0.407 e. The molecule has 8 rings (SSSR count). The Kier molecular flexibility index (Phi) is 12.4. The molecule has 0 aliphatic heterocycles. The lowest BCUT2D eigenvalue weighted by Gasteiger charge is -2.14. The van der Waals surface area contributed by atoms with Crippen LogP contribution in [0.3, 0.4) is 0 Å². The Balaban J connectivity index is 0.000000179. The van der Waals surface area contributed by atoms with E-state index in [9.17, 15) is 25.2 Å². The Morgan fingerprint density at radius 3 is 1.80 bits per heavy atom. The molecule has 2 fully saturated rings. The zero-order chi connectivity index (χ0) is 41.7. The number of nitriles is 2. The van der Waals surface area contributed by atoms with Crippen LogP contribution in [0.2, 0.25) is 0 Å². The first-order valence-electron chi connectivity index (χ1n) is 20.7. The monoisotopic (exact) mass is 802 g/mol. The van der Waals surface area contributed by atoms with E-state index in [1.807, 2.05) is 76.2 Å². The Morgan fingerprint density at radius 2 is 1.29 bits per heavy atom. The van der Waals surface area contributed by atoms with Crippen molar-refractivity contribution in [2.24, 2.45) is 5.92 Å². The number of anilines is 4. The SMILES string of the molecule is CC(C)NC(=O)O[C@@H]1CC[C@H](c2cc(Nc3cccc4c3CC(C#N)C4)n[nH]2)C1.CC(C)NC(=O)O[C@@H]1CC[C@H](c2cc(Nc3cccc4c3CC(O)(C#N)C4)n[nH]2)C1. The van der Waals surface area contributed by atoms with Crippen LogP contribution in [0.25, 0.3) is 0 Å². The highest BCUT2D eigenvalue weighted by atomic mass is 16.6. The van der Waals surface area contributed by atoms with Crippen molar-refractivity contribution in [3.8, 4) is 12.1 Å². The van der Waals surface area contributed by atoms with Crippen molar-refractivity contribution in [1.29, 1.82) is 10.5 Å². The van der Waals surface area contributed by atoms with Crippen molar-refractivity contribution >= 4 is 35.2 Å². The number of nitrogens with one attached hydrogen (secondary N) is 6. The number of nitrogens with zero attached hydrogens (tertiary/aromatic N) is 4. The van der Waals surface area contributed by atoms with E-state index in [-0.39, 0.29) is 48.3 Å². The lowest BCUT2D eigenvalue weighted by Crippen LogP contribution is -2.33. The van der Waals surface area contributed by atoms with Gasteiger partial charge in [-0.3, -0.25) is 10.2 Å². The van der Waals surface area contributed by atoms with Gasteiger partial charge >= 0.3 is 12.2 Å². The summed E-state index contributed by atoms with van der Waals surface area (Å²) in [4.78, 5) is 23.6. The normalized spacial score (nSPS) is 24.0. The second-order valence-electron chi connectivity index (χ2n) is 17.0. The first-order chi connectivity index (χ1) is 28.4. The summed E-state index contributed by atoms with van der Waals surface area (Å²) >= 11 is 0. The predicted octanol–water partition coefficient (Wildman–Crippen LogP) is 7.44. The molecule has 59 heavy (non-hydrogen) atoms. The van der Waals surface area contributed by atoms with Crippen LogP contribution in [0, 0.1) is 28.6 Å². The van der Waals surface area contributed by atoms with Crippen LogP contribution in [0.5, 0.6) is 0 Å². The minimum atomic E-state index is -1.34. The molecule has 15 heteroatoms. The molecule has 2 saturated carbocycles. The summed E-state index contributed by atoms with van der Waals surface area (Å²) < 4.78 is 11.0. The van der Waals surface area contributed by atoms with Gasteiger partial charge in [-0.15, -0.1) is 0 Å². The highest BCUT2D eigenvalue weighted by Crippen LogP contribution is 2.40. The third-order valence-electron chi connectivity index (χ3n) is 11.5.